The summed E-state index contributed by atoms with van der Waals surface area (Å²) in [7, 11) is -8.25. The third-order valence-electron chi connectivity index (χ3n) is 7.09. The number of hydrogen-bond acceptors (Lipinski definition) is 11. The second kappa shape index (κ2) is 12.6. The number of carbonyl (C=O) groups is 1. The number of nitrogens with zero attached hydrogens (tertiary/aromatic N) is 3. The van der Waals surface area contributed by atoms with Gasteiger partial charge in [0.25, 0.3) is 26.0 Å². The van der Waals surface area contributed by atoms with E-state index in [0.717, 1.165) is 54.6 Å². The van der Waals surface area contributed by atoms with Crippen LogP contribution in [0.3, 0.4) is 0 Å². The fraction of sp³-hybridized carbons (Fsp3) is 0.333. The molecule has 1 N–H and O–H groups in total. The Kier molecular flexibility index (Phi) is 8.79. The Labute approximate surface area is 256 Å². The lowest BCUT2D eigenvalue weighted by Crippen LogP contribution is -2.61. The van der Waals surface area contributed by atoms with Crippen molar-refractivity contribution in [3.8, 4) is 21.0 Å². The maximum atomic E-state index is 13.9. The van der Waals surface area contributed by atoms with Gasteiger partial charge in [0.15, 0.2) is 6.29 Å². The van der Waals surface area contributed by atoms with Crippen LogP contribution in [0.4, 0.5) is 0 Å². The van der Waals surface area contributed by atoms with Crippen molar-refractivity contribution < 1.29 is 35.7 Å². The predicted molar refractivity (Wildman–Crippen MR) is 159 cm³/mol. The number of sulfonamides is 2. The molecule has 1 unspecified atom stereocenters. The molecule has 5 heterocycles. The van der Waals surface area contributed by atoms with E-state index in [4.69, 9.17) is 14.1 Å². The van der Waals surface area contributed by atoms with Gasteiger partial charge in [0, 0.05) is 43.6 Å². The SMILES string of the molecule is O=C(NOC1CCCCO1)[C@H]1CN(S(=O)(=O)c2ccc(-c3ccon3)s2)CCN1S(=O)(=O)c1ccc(-c2ccccc2)s1. The quantitative estimate of drug-likeness (QED) is 0.264. The van der Waals surface area contributed by atoms with Crippen molar-refractivity contribution in [1.82, 2.24) is 19.2 Å². The molecule has 0 radical (unpaired) electrons. The van der Waals surface area contributed by atoms with Gasteiger partial charge in [-0.25, -0.2) is 27.2 Å². The van der Waals surface area contributed by atoms with Crippen LogP contribution in [-0.2, 0) is 34.4 Å². The van der Waals surface area contributed by atoms with Crippen molar-refractivity contribution in [3.05, 3.63) is 66.9 Å². The molecule has 4 aromatic rings. The highest BCUT2D eigenvalue weighted by Gasteiger charge is 2.44. The summed E-state index contributed by atoms with van der Waals surface area (Å²) in [6.45, 7) is -0.308. The van der Waals surface area contributed by atoms with Gasteiger partial charge in [0.05, 0.1) is 4.88 Å². The molecule has 2 aliphatic rings. The van der Waals surface area contributed by atoms with Crippen LogP contribution in [0.2, 0.25) is 0 Å². The smallest absolute Gasteiger partial charge is 0.263 e. The molecule has 2 aliphatic heterocycles. The molecule has 0 aliphatic carbocycles. The van der Waals surface area contributed by atoms with E-state index >= 15 is 0 Å². The molecular weight excluding hydrogens is 637 g/mol. The first-order valence-electron chi connectivity index (χ1n) is 13.5. The van der Waals surface area contributed by atoms with Gasteiger partial charge in [0.2, 0.25) is 0 Å². The number of nitrogens with one attached hydrogen (secondary N) is 1. The zero-order valence-electron chi connectivity index (χ0n) is 22.7. The highest BCUT2D eigenvalue weighted by Crippen LogP contribution is 2.35. The summed E-state index contributed by atoms with van der Waals surface area (Å²) in [5, 5.41) is 3.85. The third-order valence-corrected chi connectivity index (χ3v) is 14.0. The molecular formula is C27H28N4O8S4. The summed E-state index contributed by atoms with van der Waals surface area (Å²) in [6, 6.07) is 15.9. The highest BCUT2D eigenvalue weighted by atomic mass is 32.3. The average molecular weight is 665 g/mol. The van der Waals surface area contributed by atoms with Gasteiger partial charge in [-0.1, -0.05) is 35.5 Å². The normalized spacial score (nSPS) is 20.7. The summed E-state index contributed by atoms with van der Waals surface area (Å²) < 4.78 is 67.8. The molecule has 12 nitrogen and oxygen atoms in total. The fourth-order valence-electron chi connectivity index (χ4n) is 4.85. The van der Waals surface area contributed by atoms with Gasteiger partial charge < -0.3 is 9.26 Å². The first kappa shape index (κ1) is 30.1. The van der Waals surface area contributed by atoms with Crippen molar-refractivity contribution in [2.75, 3.05) is 26.2 Å². The van der Waals surface area contributed by atoms with Crippen LogP contribution in [0.15, 0.2) is 79.9 Å². The van der Waals surface area contributed by atoms with E-state index in [0.29, 0.717) is 23.6 Å². The topological polar surface area (TPSA) is 148 Å². The van der Waals surface area contributed by atoms with Crippen molar-refractivity contribution in [2.45, 2.75) is 40.0 Å². The standard InChI is InChI=1S/C27H28N4O8S4/c32-27(29-39-24-8-4-5-16-37-24)21-18-30(42(33,34)25-12-10-23(41-25)20-13-17-38-28-20)14-15-31(21)43(35,36)26-11-9-22(40-26)19-6-2-1-3-7-19/h1-3,6-7,9-13,17,21,24H,4-5,8,14-16,18H2,(H,29,32)/t21-,24?/m1/s1. The Hall–Kier alpha value is -2.96. The Morgan fingerprint density at radius 2 is 1.65 bits per heavy atom. The molecule has 43 heavy (non-hydrogen) atoms. The third kappa shape index (κ3) is 6.32. The van der Waals surface area contributed by atoms with Crippen LogP contribution in [0.25, 0.3) is 21.0 Å². The van der Waals surface area contributed by atoms with E-state index in [9.17, 15) is 21.6 Å². The van der Waals surface area contributed by atoms with Gasteiger partial charge in [-0.15, -0.1) is 22.7 Å². The molecule has 0 bridgehead atoms. The summed E-state index contributed by atoms with van der Waals surface area (Å²) >= 11 is 2.09. The number of amides is 1. The second-order valence-electron chi connectivity index (χ2n) is 9.86. The Balaban J connectivity index is 1.26. The largest absolute Gasteiger partial charge is 0.364 e. The van der Waals surface area contributed by atoms with E-state index in [1.165, 1.54) is 18.4 Å². The van der Waals surface area contributed by atoms with E-state index in [-0.39, 0.29) is 21.5 Å². The number of benzene rings is 1. The van der Waals surface area contributed by atoms with Gasteiger partial charge in [-0.2, -0.15) is 8.61 Å². The molecule has 0 spiro atoms. The number of hydrogen-bond donors (Lipinski definition) is 1. The summed E-state index contributed by atoms with van der Waals surface area (Å²) in [4.78, 5) is 20.3. The van der Waals surface area contributed by atoms with Crippen LogP contribution in [0.5, 0.6) is 0 Å². The van der Waals surface area contributed by atoms with Gasteiger partial charge >= 0.3 is 0 Å². The minimum absolute atomic E-state index is 0.0404. The number of thiophene rings is 2. The number of rotatable bonds is 9. The van der Waals surface area contributed by atoms with Crippen LogP contribution >= 0.6 is 22.7 Å². The number of hydroxylamine groups is 1. The Morgan fingerprint density at radius 3 is 2.37 bits per heavy atom. The molecule has 2 atom stereocenters. The van der Waals surface area contributed by atoms with Crippen molar-refractivity contribution in [3.63, 3.8) is 0 Å². The lowest BCUT2D eigenvalue weighted by Gasteiger charge is -2.38. The first-order valence-corrected chi connectivity index (χ1v) is 18.0. The lowest BCUT2D eigenvalue weighted by molar-refractivity contribution is -0.202. The summed E-state index contributed by atoms with van der Waals surface area (Å²) in [5.41, 5.74) is 3.69. The minimum Gasteiger partial charge on any atom is -0.364 e. The number of ether oxygens (including phenoxy) is 1. The van der Waals surface area contributed by atoms with E-state index in [1.807, 2.05) is 30.3 Å². The first-order chi connectivity index (χ1) is 20.7. The number of aromatic nitrogens is 1. The van der Waals surface area contributed by atoms with Crippen LogP contribution in [-0.4, -0.2) is 75.1 Å². The lowest BCUT2D eigenvalue weighted by atomic mass is 10.2. The molecule has 0 saturated carbocycles. The second-order valence-corrected chi connectivity index (χ2v) is 16.3. The Morgan fingerprint density at radius 1 is 0.907 bits per heavy atom. The molecule has 6 rings (SSSR count). The van der Waals surface area contributed by atoms with Crippen molar-refractivity contribution in [1.29, 1.82) is 0 Å². The zero-order valence-corrected chi connectivity index (χ0v) is 26.0. The maximum Gasteiger partial charge on any atom is 0.263 e. The monoisotopic (exact) mass is 664 g/mol. The number of piperazine rings is 1. The Bertz CT molecular complexity index is 1770. The molecule has 1 amide bonds. The summed E-state index contributed by atoms with van der Waals surface area (Å²) in [6.07, 6.45) is 3.02. The molecule has 2 fully saturated rings. The molecule has 3 aromatic heterocycles. The van der Waals surface area contributed by atoms with Gasteiger partial charge in [0.1, 0.15) is 26.4 Å². The fourth-order valence-corrected chi connectivity index (χ4v) is 10.7. The molecule has 1 aromatic carbocycles. The molecule has 2 saturated heterocycles. The highest BCUT2D eigenvalue weighted by molar-refractivity contribution is 7.92. The van der Waals surface area contributed by atoms with Crippen LogP contribution in [0.1, 0.15) is 19.3 Å². The predicted octanol–water partition coefficient (Wildman–Crippen LogP) is 3.77. The van der Waals surface area contributed by atoms with Crippen molar-refractivity contribution in [2.24, 2.45) is 0 Å². The van der Waals surface area contributed by atoms with Crippen LogP contribution < -0.4 is 5.48 Å². The van der Waals surface area contributed by atoms with Gasteiger partial charge in [-0.3, -0.25) is 4.79 Å². The van der Waals surface area contributed by atoms with Crippen molar-refractivity contribution >= 4 is 48.6 Å². The molecule has 16 heteroatoms. The van der Waals surface area contributed by atoms with E-state index < -0.39 is 44.8 Å². The van der Waals surface area contributed by atoms with Gasteiger partial charge in [-0.05, 0) is 42.7 Å². The zero-order chi connectivity index (χ0) is 30.0. The minimum atomic E-state index is -4.18. The average Bonchev–Trinajstić information content (AvgIpc) is 3.83. The van der Waals surface area contributed by atoms with Crippen LogP contribution in [0, 0.1) is 0 Å². The van der Waals surface area contributed by atoms with E-state index in [1.54, 1.807) is 18.2 Å². The maximum absolute atomic E-state index is 13.9. The summed E-state index contributed by atoms with van der Waals surface area (Å²) in [5.74, 6) is -0.785. The molecule has 228 valence electrons. The van der Waals surface area contributed by atoms with E-state index in [2.05, 4.69) is 10.6 Å². The number of carbonyl (C=O) groups excluding carboxylic acids is 1.